The van der Waals surface area contributed by atoms with Gasteiger partial charge in [-0.25, -0.2) is 0 Å². The predicted octanol–water partition coefficient (Wildman–Crippen LogP) is -0.352. The van der Waals surface area contributed by atoms with E-state index in [2.05, 4.69) is 11.9 Å². The van der Waals surface area contributed by atoms with Crippen LogP contribution in [0, 0.1) is 5.92 Å². The lowest BCUT2D eigenvalue weighted by atomic mass is 9.97. The molecule has 0 aromatic heterocycles. The summed E-state index contributed by atoms with van der Waals surface area (Å²) in [5, 5.41) is 8.97. The van der Waals surface area contributed by atoms with E-state index < -0.39 is 0 Å². The van der Waals surface area contributed by atoms with Crippen molar-refractivity contribution in [3.63, 3.8) is 0 Å². The molecule has 0 spiro atoms. The summed E-state index contributed by atoms with van der Waals surface area (Å²) < 4.78 is 0. The maximum atomic E-state index is 8.97. The number of rotatable bonds is 1. The SMILES string of the molecule is CN1CC[C@H](CO)[C@@H](N)CC1. The summed E-state index contributed by atoms with van der Waals surface area (Å²) in [7, 11) is 2.10. The van der Waals surface area contributed by atoms with Gasteiger partial charge in [-0.3, -0.25) is 0 Å². The Morgan fingerprint density at radius 1 is 1.45 bits per heavy atom. The maximum Gasteiger partial charge on any atom is 0.0474 e. The van der Waals surface area contributed by atoms with Gasteiger partial charge in [-0.1, -0.05) is 0 Å². The smallest absolute Gasteiger partial charge is 0.0474 e. The normalized spacial score (nSPS) is 35.2. The number of nitrogens with zero attached hydrogens (tertiary/aromatic N) is 1. The number of hydrogen-bond donors (Lipinski definition) is 2. The molecule has 0 radical (unpaired) electrons. The number of hydrogen-bond acceptors (Lipinski definition) is 3. The Labute approximate surface area is 68.2 Å². The summed E-state index contributed by atoms with van der Waals surface area (Å²) in [4.78, 5) is 2.27. The molecule has 2 atom stereocenters. The topological polar surface area (TPSA) is 49.5 Å². The van der Waals surface area contributed by atoms with Crippen molar-refractivity contribution in [1.29, 1.82) is 0 Å². The molecule has 0 aromatic carbocycles. The highest BCUT2D eigenvalue weighted by molar-refractivity contribution is 4.77. The Hall–Kier alpha value is -0.120. The lowest BCUT2D eigenvalue weighted by Gasteiger charge is -2.17. The fourth-order valence-corrected chi connectivity index (χ4v) is 1.54. The van der Waals surface area contributed by atoms with Crippen molar-refractivity contribution >= 4 is 0 Å². The second-order valence-corrected chi connectivity index (χ2v) is 3.49. The first-order valence-corrected chi connectivity index (χ1v) is 4.29. The molecule has 0 aliphatic carbocycles. The number of likely N-dealkylation sites (tertiary alicyclic amines) is 1. The second-order valence-electron chi connectivity index (χ2n) is 3.49. The van der Waals surface area contributed by atoms with Crippen molar-refractivity contribution in [2.45, 2.75) is 18.9 Å². The second kappa shape index (κ2) is 4.04. The van der Waals surface area contributed by atoms with Crippen molar-refractivity contribution in [1.82, 2.24) is 4.90 Å². The number of aliphatic hydroxyl groups is 1. The van der Waals surface area contributed by atoms with Crippen LogP contribution in [0.15, 0.2) is 0 Å². The molecule has 0 amide bonds. The van der Waals surface area contributed by atoms with Crippen LogP contribution in [0.1, 0.15) is 12.8 Å². The van der Waals surface area contributed by atoms with E-state index in [1.165, 1.54) is 0 Å². The molecule has 0 aromatic rings. The van der Waals surface area contributed by atoms with Crippen LogP contribution in [0.25, 0.3) is 0 Å². The van der Waals surface area contributed by atoms with Gasteiger partial charge in [0.05, 0.1) is 0 Å². The molecule has 1 aliphatic rings. The Bertz CT molecular complexity index is 119. The number of aliphatic hydroxyl groups excluding tert-OH is 1. The van der Waals surface area contributed by atoms with Gasteiger partial charge in [-0.05, 0) is 38.9 Å². The molecule has 1 heterocycles. The van der Waals surface area contributed by atoms with Crippen molar-refractivity contribution in [2.24, 2.45) is 11.7 Å². The van der Waals surface area contributed by atoms with Crippen LogP contribution in [0.2, 0.25) is 0 Å². The molecule has 66 valence electrons. The molecule has 3 heteroatoms. The van der Waals surface area contributed by atoms with Gasteiger partial charge in [0.15, 0.2) is 0 Å². The molecule has 1 aliphatic heterocycles. The van der Waals surface area contributed by atoms with Crippen LogP contribution < -0.4 is 5.73 Å². The fraction of sp³-hybridized carbons (Fsp3) is 1.00. The van der Waals surface area contributed by atoms with Gasteiger partial charge < -0.3 is 15.7 Å². The molecule has 0 unspecified atom stereocenters. The standard InChI is InChI=1S/C8H18N2O/c1-10-4-2-7(6-11)8(9)3-5-10/h7-8,11H,2-6,9H2,1H3/t7-,8+/m1/s1. The first-order valence-electron chi connectivity index (χ1n) is 4.29. The lowest BCUT2D eigenvalue weighted by molar-refractivity contribution is 0.198. The van der Waals surface area contributed by atoms with E-state index in [0.717, 1.165) is 25.9 Å². The van der Waals surface area contributed by atoms with E-state index in [-0.39, 0.29) is 12.6 Å². The molecule has 1 fully saturated rings. The van der Waals surface area contributed by atoms with Crippen LogP contribution in [0.5, 0.6) is 0 Å². The van der Waals surface area contributed by atoms with Crippen LogP contribution in [0.3, 0.4) is 0 Å². The average Bonchev–Trinajstić information content (AvgIpc) is 2.15. The molecule has 0 saturated carbocycles. The summed E-state index contributed by atoms with van der Waals surface area (Å²) in [6.07, 6.45) is 2.05. The molecular formula is C8H18N2O. The Kier molecular flexibility index (Phi) is 3.30. The predicted molar refractivity (Wildman–Crippen MR) is 45.3 cm³/mol. The summed E-state index contributed by atoms with van der Waals surface area (Å²) in [6.45, 7) is 2.38. The van der Waals surface area contributed by atoms with Gasteiger partial charge in [0.2, 0.25) is 0 Å². The van der Waals surface area contributed by atoms with Crippen LogP contribution in [-0.4, -0.2) is 42.8 Å². The third-order valence-electron chi connectivity index (χ3n) is 2.57. The Morgan fingerprint density at radius 3 is 2.73 bits per heavy atom. The minimum Gasteiger partial charge on any atom is -0.396 e. The Morgan fingerprint density at radius 2 is 2.09 bits per heavy atom. The van der Waals surface area contributed by atoms with Crippen LogP contribution in [-0.2, 0) is 0 Å². The zero-order valence-corrected chi connectivity index (χ0v) is 7.16. The van der Waals surface area contributed by atoms with E-state index in [4.69, 9.17) is 10.8 Å². The van der Waals surface area contributed by atoms with Crippen molar-refractivity contribution in [2.75, 3.05) is 26.7 Å². The fourth-order valence-electron chi connectivity index (χ4n) is 1.54. The van der Waals surface area contributed by atoms with E-state index in [1.807, 2.05) is 0 Å². The van der Waals surface area contributed by atoms with E-state index in [9.17, 15) is 0 Å². The van der Waals surface area contributed by atoms with E-state index >= 15 is 0 Å². The molecule has 3 nitrogen and oxygen atoms in total. The largest absolute Gasteiger partial charge is 0.396 e. The third-order valence-corrected chi connectivity index (χ3v) is 2.57. The molecule has 3 N–H and O–H groups in total. The monoisotopic (exact) mass is 158 g/mol. The van der Waals surface area contributed by atoms with E-state index in [1.54, 1.807) is 0 Å². The van der Waals surface area contributed by atoms with Gasteiger partial charge in [0.1, 0.15) is 0 Å². The highest BCUT2D eigenvalue weighted by Gasteiger charge is 2.20. The first-order chi connectivity index (χ1) is 5.24. The zero-order valence-electron chi connectivity index (χ0n) is 7.16. The van der Waals surface area contributed by atoms with Gasteiger partial charge in [-0.2, -0.15) is 0 Å². The lowest BCUT2D eigenvalue weighted by Crippen LogP contribution is -2.32. The first kappa shape index (κ1) is 8.97. The minimum atomic E-state index is 0.199. The maximum absolute atomic E-state index is 8.97. The highest BCUT2D eigenvalue weighted by atomic mass is 16.3. The van der Waals surface area contributed by atoms with E-state index in [0.29, 0.717) is 5.92 Å². The molecule has 1 saturated heterocycles. The van der Waals surface area contributed by atoms with Gasteiger partial charge in [0.25, 0.3) is 0 Å². The van der Waals surface area contributed by atoms with Crippen molar-refractivity contribution < 1.29 is 5.11 Å². The molecule has 1 rings (SSSR count). The summed E-state index contributed by atoms with van der Waals surface area (Å²) in [6, 6.07) is 0.199. The average molecular weight is 158 g/mol. The van der Waals surface area contributed by atoms with Crippen LogP contribution >= 0.6 is 0 Å². The van der Waals surface area contributed by atoms with Crippen molar-refractivity contribution in [3.8, 4) is 0 Å². The summed E-state index contributed by atoms with van der Waals surface area (Å²) >= 11 is 0. The summed E-state index contributed by atoms with van der Waals surface area (Å²) in [5.74, 6) is 0.319. The Balaban J connectivity index is 2.41. The molecule has 11 heavy (non-hydrogen) atoms. The van der Waals surface area contributed by atoms with Gasteiger partial charge >= 0.3 is 0 Å². The zero-order chi connectivity index (χ0) is 8.27. The third kappa shape index (κ3) is 2.43. The highest BCUT2D eigenvalue weighted by Crippen LogP contribution is 2.14. The van der Waals surface area contributed by atoms with Crippen molar-refractivity contribution in [3.05, 3.63) is 0 Å². The molecular weight excluding hydrogens is 140 g/mol. The minimum absolute atomic E-state index is 0.199. The van der Waals surface area contributed by atoms with Gasteiger partial charge in [-0.15, -0.1) is 0 Å². The molecule has 0 bridgehead atoms. The quantitative estimate of drug-likeness (QED) is 0.548. The van der Waals surface area contributed by atoms with Gasteiger partial charge in [0, 0.05) is 12.6 Å². The number of nitrogens with two attached hydrogens (primary N) is 1. The summed E-state index contributed by atoms with van der Waals surface area (Å²) in [5.41, 5.74) is 5.87. The van der Waals surface area contributed by atoms with Crippen LogP contribution in [0.4, 0.5) is 0 Å².